The largest absolute Gasteiger partial charge is 0.493 e. The number of hydrogen-bond acceptors (Lipinski definition) is 7. The molecule has 7 nitrogen and oxygen atoms in total. The second-order valence-electron chi connectivity index (χ2n) is 6.99. The number of aromatic nitrogens is 2. The van der Waals surface area contributed by atoms with E-state index in [1.165, 1.54) is 17.4 Å². The van der Waals surface area contributed by atoms with Crippen LogP contribution < -0.4 is 15.0 Å². The lowest BCUT2D eigenvalue weighted by Gasteiger charge is -2.09. The highest BCUT2D eigenvalue weighted by atomic mass is 32.1. The molecule has 0 unspecified atom stereocenters. The zero-order chi connectivity index (χ0) is 23.2. The van der Waals surface area contributed by atoms with Crippen molar-refractivity contribution in [3.05, 3.63) is 81.7 Å². The number of carbonyl (C=O) groups is 1. The van der Waals surface area contributed by atoms with Crippen molar-refractivity contribution in [3.63, 3.8) is 0 Å². The third-order valence-electron chi connectivity index (χ3n) is 4.83. The van der Waals surface area contributed by atoms with Crippen LogP contribution in [-0.2, 0) is 16.1 Å². The lowest BCUT2D eigenvalue weighted by Crippen LogP contribution is -2.13. The van der Waals surface area contributed by atoms with E-state index in [1.54, 1.807) is 25.3 Å². The molecule has 0 aliphatic carbocycles. The lowest BCUT2D eigenvalue weighted by molar-refractivity contribution is -0.139. The molecule has 2 aromatic carbocycles. The monoisotopic (exact) mass is 462 g/mol. The number of fused-ring (bicyclic) bond motifs is 1. The molecule has 2 heterocycles. The highest BCUT2D eigenvalue weighted by molar-refractivity contribution is 7.17. The molecule has 0 saturated carbocycles. The number of aromatic amines is 1. The van der Waals surface area contributed by atoms with Crippen molar-refractivity contribution >= 4 is 33.6 Å². The Balaban J connectivity index is 1.44. The summed E-state index contributed by atoms with van der Waals surface area (Å²) in [7, 11) is 1.56. The number of ether oxygens (including phenoxy) is 3. The van der Waals surface area contributed by atoms with Gasteiger partial charge in [0.15, 0.2) is 11.5 Å². The molecule has 0 saturated heterocycles. The maximum Gasteiger partial charge on any atom is 0.331 e. The summed E-state index contributed by atoms with van der Waals surface area (Å²) in [6, 6.07) is 15.0. The smallest absolute Gasteiger partial charge is 0.331 e. The molecule has 0 radical (unpaired) electrons. The fraction of sp³-hybridized carbons (Fsp3) is 0.160. The van der Waals surface area contributed by atoms with Crippen LogP contribution in [0.2, 0.25) is 0 Å². The Morgan fingerprint density at radius 1 is 1.15 bits per heavy atom. The topological polar surface area (TPSA) is 90.5 Å². The Bertz CT molecular complexity index is 1360. The molecular weight excluding hydrogens is 440 g/mol. The summed E-state index contributed by atoms with van der Waals surface area (Å²) in [4.78, 5) is 32.6. The summed E-state index contributed by atoms with van der Waals surface area (Å²) in [6.45, 7) is 2.28. The van der Waals surface area contributed by atoms with E-state index in [0.29, 0.717) is 34.1 Å². The Morgan fingerprint density at radius 3 is 2.73 bits per heavy atom. The Morgan fingerprint density at radius 2 is 1.97 bits per heavy atom. The third-order valence-corrected chi connectivity index (χ3v) is 5.70. The SMILES string of the molecule is CCOc1ccc(C=CC(=O)OCc2nc3scc(-c4ccccc4)c3c(=O)[nH]2)cc1OC. The fourth-order valence-electron chi connectivity index (χ4n) is 3.31. The summed E-state index contributed by atoms with van der Waals surface area (Å²) >= 11 is 1.38. The molecule has 0 spiro atoms. The van der Waals surface area contributed by atoms with Crippen molar-refractivity contribution in [2.45, 2.75) is 13.5 Å². The van der Waals surface area contributed by atoms with Gasteiger partial charge in [-0.15, -0.1) is 11.3 Å². The maximum atomic E-state index is 12.7. The number of carbonyl (C=O) groups excluding carboxylic acids is 1. The molecule has 0 fully saturated rings. The average molecular weight is 463 g/mol. The molecule has 33 heavy (non-hydrogen) atoms. The van der Waals surface area contributed by atoms with Crippen molar-refractivity contribution in [3.8, 4) is 22.6 Å². The molecule has 168 valence electrons. The van der Waals surface area contributed by atoms with E-state index in [1.807, 2.05) is 48.7 Å². The van der Waals surface area contributed by atoms with Gasteiger partial charge in [0, 0.05) is 17.0 Å². The number of esters is 1. The molecule has 4 aromatic rings. The number of nitrogens with one attached hydrogen (secondary N) is 1. The van der Waals surface area contributed by atoms with Crippen molar-refractivity contribution < 1.29 is 19.0 Å². The van der Waals surface area contributed by atoms with Crippen LogP contribution in [0.4, 0.5) is 0 Å². The van der Waals surface area contributed by atoms with Gasteiger partial charge >= 0.3 is 5.97 Å². The van der Waals surface area contributed by atoms with Gasteiger partial charge in [0.05, 0.1) is 19.1 Å². The summed E-state index contributed by atoms with van der Waals surface area (Å²) < 4.78 is 16.1. The molecule has 0 aliphatic rings. The molecule has 0 bridgehead atoms. The zero-order valence-electron chi connectivity index (χ0n) is 18.2. The van der Waals surface area contributed by atoms with Crippen molar-refractivity contribution in [1.82, 2.24) is 9.97 Å². The van der Waals surface area contributed by atoms with E-state index in [-0.39, 0.29) is 12.2 Å². The fourth-order valence-corrected chi connectivity index (χ4v) is 4.27. The van der Waals surface area contributed by atoms with Gasteiger partial charge in [-0.3, -0.25) is 4.79 Å². The Kier molecular flexibility index (Phi) is 6.85. The number of hydrogen-bond donors (Lipinski definition) is 1. The first-order valence-electron chi connectivity index (χ1n) is 10.3. The molecule has 8 heteroatoms. The number of H-pyrrole nitrogens is 1. The lowest BCUT2D eigenvalue weighted by atomic mass is 10.1. The maximum absolute atomic E-state index is 12.7. The van der Waals surface area contributed by atoms with Gasteiger partial charge in [-0.2, -0.15) is 0 Å². The number of benzene rings is 2. The normalized spacial score (nSPS) is 11.1. The number of rotatable bonds is 8. The van der Waals surface area contributed by atoms with Gasteiger partial charge < -0.3 is 19.2 Å². The molecule has 2 aromatic heterocycles. The van der Waals surface area contributed by atoms with E-state index in [9.17, 15) is 9.59 Å². The van der Waals surface area contributed by atoms with Gasteiger partial charge in [-0.25, -0.2) is 9.78 Å². The zero-order valence-corrected chi connectivity index (χ0v) is 19.0. The van der Waals surface area contributed by atoms with E-state index < -0.39 is 5.97 Å². The average Bonchev–Trinajstić information content (AvgIpc) is 3.27. The van der Waals surface area contributed by atoms with Crippen molar-refractivity contribution in [2.24, 2.45) is 0 Å². The minimum absolute atomic E-state index is 0.139. The first-order valence-corrected chi connectivity index (χ1v) is 11.2. The van der Waals surface area contributed by atoms with Crippen LogP contribution in [-0.4, -0.2) is 29.7 Å². The summed E-state index contributed by atoms with van der Waals surface area (Å²) in [5, 5.41) is 2.44. The molecule has 0 amide bonds. The molecule has 1 N–H and O–H groups in total. The second-order valence-corrected chi connectivity index (χ2v) is 7.85. The molecular formula is C25H22N2O5S. The third kappa shape index (κ3) is 5.12. The minimum atomic E-state index is -0.554. The summed E-state index contributed by atoms with van der Waals surface area (Å²) in [5.74, 6) is 0.947. The Labute approximate surface area is 194 Å². The van der Waals surface area contributed by atoms with Crippen LogP contribution in [0.25, 0.3) is 27.4 Å². The van der Waals surface area contributed by atoms with Crippen LogP contribution in [0.1, 0.15) is 18.3 Å². The number of methoxy groups -OCH3 is 1. The quantitative estimate of drug-likeness (QED) is 0.298. The first kappa shape index (κ1) is 22.3. The number of nitrogens with zero attached hydrogens (tertiary/aromatic N) is 1. The van der Waals surface area contributed by atoms with Gasteiger partial charge in [-0.05, 0) is 36.3 Å². The van der Waals surface area contributed by atoms with Crippen molar-refractivity contribution in [2.75, 3.05) is 13.7 Å². The number of thiophene rings is 1. The molecule has 0 atom stereocenters. The molecule has 4 rings (SSSR count). The van der Waals surface area contributed by atoms with Gasteiger partial charge in [0.2, 0.25) is 0 Å². The standard InChI is InChI=1S/C25H22N2O5S/c1-3-31-19-11-9-16(13-20(19)30-2)10-12-22(28)32-14-21-26-24(29)23-18(15-33-25(23)27-21)17-7-5-4-6-8-17/h4-13,15H,3,14H2,1-2H3,(H,26,27,29). The van der Waals surface area contributed by atoms with Gasteiger partial charge in [0.1, 0.15) is 17.3 Å². The van der Waals surface area contributed by atoms with Crippen LogP contribution in [0.3, 0.4) is 0 Å². The Hall–Kier alpha value is -3.91. The van der Waals surface area contributed by atoms with Gasteiger partial charge in [-0.1, -0.05) is 36.4 Å². The first-order chi connectivity index (χ1) is 16.1. The summed E-state index contributed by atoms with van der Waals surface area (Å²) in [6.07, 6.45) is 2.93. The molecule has 0 aliphatic heterocycles. The summed E-state index contributed by atoms with van der Waals surface area (Å²) in [5.41, 5.74) is 2.28. The van der Waals surface area contributed by atoms with Crippen LogP contribution in [0.5, 0.6) is 11.5 Å². The van der Waals surface area contributed by atoms with E-state index >= 15 is 0 Å². The van der Waals surface area contributed by atoms with Crippen LogP contribution in [0.15, 0.2) is 64.8 Å². The second kappa shape index (κ2) is 10.1. The predicted octanol–water partition coefficient (Wildman–Crippen LogP) is 4.82. The van der Waals surface area contributed by atoms with E-state index in [2.05, 4.69) is 9.97 Å². The highest BCUT2D eigenvalue weighted by Crippen LogP contribution is 2.30. The van der Waals surface area contributed by atoms with Crippen LogP contribution in [0, 0.1) is 0 Å². The minimum Gasteiger partial charge on any atom is -0.493 e. The predicted molar refractivity (Wildman–Crippen MR) is 129 cm³/mol. The van der Waals surface area contributed by atoms with Crippen LogP contribution >= 0.6 is 11.3 Å². The van der Waals surface area contributed by atoms with E-state index in [4.69, 9.17) is 14.2 Å². The van der Waals surface area contributed by atoms with E-state index in [0.717, 1.165) is 16.7 Å². The van der Waals surface area contributed by atoms with Crippen molar-refractivity contribution in [1.29, 1.82) is 0 Å². The highest BCUT2D eigenvalue weighted by Gasteiger charge is 2.13. The van der Waals surface area contributed by atoms with Gasteiger partial charge in [0.25, 0.3) is 5.56 Å².